The van der Waals surface area contributed by atoms with Crippen molar-refractivity contribution in [2.75, 3.05) is 0 Å². The maximum Gasteiger partial charge on any atom is 0.357 e. The minimum atomic E-state index is -1.36. The van der Waals surface area contributed by atoms with Crippen molar-refractivity contribution in [3.63, 3.8) is 0 Å². The Morgan fingerprint density at radius 2 is 1.39 bits per heavy atom. The molecule has 0 saturated heterocycles. The lowest BCUT2D eigenvalue weighted by Gasteiger charge is -2.20. The number of nitrogens with one attached hydrogen (secondary N) is 1. The Balaban J connectivity index is 0.000000231. The molecular formula is C13H14N2O8. The highest BCUT2D eigenvalue weighted by molar-refractivity contribution is 5.98. The van der Waals surface area contributed by atoms with Crippen LogP contribution in [0.25, 0.3) is 0 Å². The van der Waals surface area contributed by atoms with Gasteiger partial charge in [-0.15, -0.1) is 0 Å². The van der Waals surface area contributed by atoms with Gasteiger partial charge in [0.1, 0.15) is 0 Å². The maximum absolute atomic E-state index is 10.6. The number of aromatic carboxylic acids is 2. The molecule has 2 rings (SSSR count). The number of allylic oxidation sites excluding steroid dienone is 2. The van der Waals surface area contributed by atoms with Crippen molar-refractivity contribution >= 4 is 23.9 Å². The van der Waals surface area contributed by atoms with Crippen molar-refractivity contribution in [1.82, 2.24) is 9.97 Å². The van der Waals surface area contributed by atoms with Crippen molar-refractivity contribution in [1.29, 1.82) is 0 Å². The fourth-order valence-corrected chi connectivity index (χ4v) is 1.98. The molecule has 0 radical (unpaired) electrons. The van der Waals surface area contributed by atoms with Gasteiger partial charge in [0.25, 0.3) is 0 Å². The van der Waals surface area contributed by atoms with Crippen molar-refractivity contribution in [3.8, 4) is 0 Å². The Morgan fingerprint density at radius 3 is 1.70 bits per heavy atom. The molecule has 0 amide bonds. The third-order valence-corrected chi connectivity index (χ3v) is 3.12. The summed E-state index contributed by atoms with van der Waals surface area (Å²) < 4.78 is 0. The standard InChI is InChI=1S/C8H10O4.C5H4N2O4/c9-7(10)5-3-1-2-4-6(5)8(11)12;8-4(9)2-3(5(10)11)7-1-6-2/h1-2,5-6H,3-4H2,(H,9,10)(H,11,12);1H,(H,6,7)(H,8,9)(H,10,11). The molecule has 2 unspecified atom stereocenters. The minimum Gasteiger partial charge on any atom is -0.481 e. The van der Waals surface area contributed by atoms with E-state index in [1.807, 2.05) is 0 Å². The van der Waals surface area contributed by atoms with Crippen molar-refractivity contribution in [2.24, 2.45) is 11.8 Å². The molecule has 1 heterocycles. The molecule has 10 heteroatoms. The van der Waals surface area contributed by atoms with Crippen LogP contribution in [0, 0.1) is 11.8 Å². The monoisotopic (exact) mass is 326 g/mol. The number of aromatic amines is 1. The predicted octanol–water partition coefficient (Wildman–Crippen LogP) is 0.544. The largest absolute Gasteiger partial charge is 0.481 e. The van der Waals surface area contributed by atoms with E-state index in [0.717, 1.165) is 6.33 Å². The number of aromatic nitrogens is 2. The SMILES string of the molecule is O=C(O)C1CC=CCC1C(=O)O.O=C(O)c1nc[nH]c1C(=O)O. The molecule has 1 aromatic rings. The van der Waals surface area contributed by atoms with Gasteiger partial charge in [-0.25, -0.2) is 14.6 Å². The Bertz CT molecular complexity index is 596. The molecule has 2 atom stereocenters. The van der Waals surface area contributed by atoms with Gasteiger partial charge in [-0.2, -0.15) is 0 Å². The first-order chi connectivity index (χ1) is 10.8. The molecule has 1 aliphatic carbocycles. The van der Waals surface area contributed by atoms with Crippen LogP contribution in [-0.2, 0) is 9.59 Å². The molecule has 0 saturated carbocycles. The van der Waals surface area contributed by atoms with Gasteiger partial charge in [0.05, 0.1) is 18.2 Å². The second-order valence-electron chi connectivity index (χ2n) is 4.57. The molecule has 23 heavy (non-hydrogen) atoms. The van der Waals surface area contributed by atoms with Gasteiger partial charge in [0.15, 0.2) is 11.4 Å². The van der Waals surface area contributed by atoms with Gasteiger partial charge in [0, 0.05) is 0 Å². The number of carboxylic acid groups (broad SMARTS) is 4. The first-order valence-corrected chi connectivity index (χ1v) is 6.36. The summed E-state index contributed by atoms with van der Waals surface area (Å²) in [6.45, 7) is 0. The number of rotatable bonds is 4. The highest BCUT2D eigenvalue weighted by Gasteiger charge is 2.33. The highest BCUT2D eigenvalue weighted by atomic mass is 16.4. The molecule has 1 aromatic heterocycles. The van der Waals surface area contributed by atoms with Crippen LogP contribution in [0.2, 0.25) is 0 Å². The number of nitrogens with zero attached hydrogens (tertiary/aromatic N) is 1. The fraction of sp³-hybridized carbons (Fsp3) is 0.308. The van der Waals surface area contributed by atoms with Crippen LogP contribution in [-0.4, -0.2) is 54.3 Å². The lowest BCUT2D eigenvalue weighted by molar-refractivity contribution is -0.153. The first-order valence-electron chi connectivity index (χ1n) is 6.36. The van der Waals surface area contributed by atoms with E-state index in [1.165, 1.54) is 0 Å². The lowest BCUT2D eigenvalue weighted by atomic mass is 9.83. The van der Waals surface area contributed by atoms with Crippen LogP contribution < -0.4 is 0 Å². The van der Waals surface area contributed by atoms with Gasteiger partial charge in [-0.05, 0) is 12.8 Å². The van der Waals surface area contributed by atoms with E-state index in [9.17, 15) is 19.2 Å². The summed E-state index contributed by atoms with van der Waals surface area (Å²) in [5, 5.41) is 34.0. The van der Waals surface area contributed by atoms with Crippen LogP contribution in [0.1, 0.15) is 33.8 Å². The summed E-state index contributed by atoms with van der Waals surface area (Å²) in [4.78, 5) is 47.1. The maximum atomic E-state index is 10.6. The number of hydrogen-bond acceptors (Lipinski definition) is 5. The number of H-pyrrole nitrogens is 1. The molecule has 0 aromatic carbocycles. The average Bonchev–Trinajstić information content (AvgIpc) is 2.97. The second-order valence-corrected chi connectivity index (χ2v) is 4.57. The number of hydrogen-bond donors (Lipinski definition) is 5. The first kappa shape index (κ1) is 17.9. The summed E-state index contributed by atoms with van der Waals surface area (Å²) >= 11 is 0. The van der Waals surface area contributed by atoms with E-state index in [0.29, 0.717) is 12.8 Å². The van der Waals surface area contributed by atoms with Crippen LogP contribution in [0.5, 0.6) is 0 Å². The molecule has 5 N–H and O–H groups in total. The van der Waals surface area contributed by atoms with E-state index < -0.39 is 47.1 Å². The van der Waals surface area contributed by atoms with E-state index in [4.69, 9.17) is 20.4 Å². The minimum absolute atomic E-state index is 0.326. The smallest absolute Gasteiger partial charge is 0.357 e. The van der Waals surface area contributed by atoms with Crippen LogP contribution in [0.4, 0.5) is 0 Å². The molecule has 0 bridgehead atoms. The number of aliphatic carboxylic acids is 2. The van der Waals surface area contributed by atoms with Crippen LogP contribution in [0.15, 0.2) is 18.5 Å². The topological polar surface area (TPSA) is 178 Å². The Kier molecular flexibility index (Phi) is 6.01. The van der Waals surface area contributed by atoms with Gasteiger partial charge < -0.3 is 25.4 Å². The molecular weight excluding hydrogens is 312 g/mol. The second kappa shape index (κ2) is 7.73. The molecule has 0 fully saturated rings. The van der Waals surface area contributed by atoms with E-state index in [-0.39, 0.29) is 0 Å². The molecule has 0 aliphatic heterocycles. The zero-order valence-electron chi connectivity index (χ0n) is 11.7. The summed E-state index contributed by atoms with van der Waals surface area (Å²) in [6.07, 6.45) is 5.11. The van der Waals surface area contributed by atoms with Crippen molar-refractivity contribution in [2.45, 2.75) is 12.8 Å². The van der Waals surface area contributed by atoms with E-state index in [2.05, 4.69) is 9.97 Å². The summed E-state index contributed by atoms with van der Waals surface area (Å²) in [6, 6.07) is 0. The Labute approximate surface area is 129 Å². The predicted molar refractivity (Wildman–Crippen MR) is 73.1 cm³/mol. The van der Waals surface area contributed by atoms with Crippen molar-refractivity contribution in [3.05, 3.63) is 29.9 Å². The van der Waals surface area contributed by atoms with Crippen LogP contribution >= 0.6 is 0 Å². The zero-order valence-corrected chi connectivity index (χ0v) is 11.7. The molecule has 124 valence electrons. The average molecular weight is 326 g/mol. The van der Waals surface area contributed by atoms with Gasteiger partial charge in [-0.1, -0.05) is 12.2 Å². The Morgan fingerprint density at radius 1 is 0.913 bits per heavy atom. The summed E-state index contributed by atoms with van der Waals surface area (Å²) in [7, 11) is 0. The van der Waals surface area contributed by atoms with Gasteiger partial charge in [-0.3, -0.25) is 9.59 Å². The molecule has 0 spiro atoms. The zero-order chi connectivity index (χ0) is 17.6. The van der Waals surface area contributed by atoms with E-state index in [1.54, 1.807) is 12.2 Å². The summed E-state index contributed by atoms with van der Waals surface area (Å²) in [5.74, 6) is -6.25. The number of carboxylic acids is 4. The quantitative estimate of drug-likeness (QED) is 0.494. The van der Waals surface area contributed by atoms with Gasteiger partial charge >= 0.3 is 23.9 Å². The number of carbonyl (C=O) groups is 4. The van der Waals surface area contributed by atoms with Crippen molar-refractivity contribution < 1.29 is 39.6 Å². The highest BCUT2D eigenvalue weighted by Crippen LogP contribution is 2.25. The fourth-order valence-electron chi connectivity index (χ4n) is 1.98. The third kappa shape index (κ3) is 4.66. The number of imidazole rings is 1. The summed E-state index contributed by atoms with van der Waals surface area (Å²) in [5.41, 5.74) is -0.880. The molecule has 1 aliphatic rings. The van der Waals surface area contributed by atoms with Gasteiger partial charge in [0.2, 0.25) is 0 Å². The Hall–Kier alpha value is -3.17. The van der Waals surface area contributed by atoms with E-state index >= 15 is 0 Å². The molecule has 10 nitrogen and oxygen atoms in total. The third-order valence-electron chi connectivity index (χ3n) is 3.12. The normalized spacial score (nSPS) is 19.3. The van der Waals surface area contributed by atoms with Crippen LogP contribution in [0.3, 0.4) is 0 Å². The lowest BCUT2D eigenvalue weighted by Crippen LogP contribution is -2.30.